The molecular weight excluding hydrogens is 326 g/mol. The fraction of sp³-hybridized carbons (Fsp3) is 0.308. The van der Waals surface area contributed by atoms with Gasteiger partial charge in [0.05, 0.1) is 5.52 Å². The number of nitrogens with zero attached hydrogens (tertiary/aromatic N) is 1. The molecule has 0 amide bonds. The van der Waals surface area contributed by atoms with Crippen molar-refractivity contribution >= 4 is 21.8 Å². The molecular formula is C26H29N. The molecule has 1 heteroatoms. The molecule has 0 N–H and O–H groups in total. The van der Waals surface area contributed by atoms with Crippen molar-refractivity contribution in [2.75, 3.05) is 0 Å². The van der Waals surface area contributed by atoms with Crippen LogP contribution in [0, 0.1) is 20.8 Å². The molecule has 0 aliphatic rings. The highest BCUT2D eigenvalue weighted by molar-refractivity contribution is 6.11. The monoisotopic (exact) mass is 355 g/mol. The van der Waals surface area contributed by atoms with Crippen molar-refractivity contribution in [2.24, 2.45) is 0 Å². The Hall–Kier alpha value is -2.54. The van der Waals surface area contributed by atoms with E-state index in [0.29, 0.717) is 0 Å². The van der Waals surface area contributed by atoms with E-state index in [-0.39, 0.29) is 0 Å². The molecule has 0 bridgehead atoms. The van der Waals surface area contributed by atoms with Gasteiger partial charge in [0.25, 0.3) is 0 Å². The first-order valence-electron chi connectivity index (χ1n) is 10.2. The maximum absolute atomic E-state index is 2.56. The Balaban J connectivity index is 2.10. The molecule has 0 aliphatic heterocycles. The third-order valence-electron chi connectivity index (χ3n) is 6.17. The van der Waals surface area contributed by atoms with E-state index < -0.39 is 0 Å². The van der Waals surface area contributed by atoms with Gasteiger partial charge in [0.1, 0.15) is 0 Å². The first-order chi connectivity index (χ1) is 13.1. The van der Waals surface area contributed by atoms with Crippen LogP contribution in [0.2, 0.25) is 0 Å². The largest absolute Gasteiger partial charge is 0.336 e. The zero-order chi connectivity index (χ0) is 19.0. The zero-order valence-corrected chi connectivity index (χ0v) is 17.0. The average Bonchev–Trinajstić information content (AvgIpc) is 3.01. The summed E-state index contributed by atoms with van der Waals surface area (Å²) in [5.74, 6) is 0. The molecule has 1 nitrogen and oxygen atoms in total. The van der Waals surface area contributed by atoms with E-state index in [1.807, 2.05) is 0 Å². The zero-order valence-electron chi connectivity index (χ0n) is 17.0. The van der Waals surface area contributed by atoms with Crippen LogP contribution in [0.4, 0.5) is 0 Å². The Bertz CT molecular complexity index is 1100. The van der Waals surface area contributed by atoms with E-state index in [2.05, 4.69) is 86.9 Å². The van der Waals surface area contributed by atoms with E-state index in [4.69, 9.17) is 0 Å². The van der Waals surface area contributed by atoms with E-state index in [1.165, 1.54) is 56.9 Å². The lowest BCUT2D eigenvalue weighted by molar-refractivity contribution is 0.784. The number of unbranched alkanes of at least 4 members (excludes halogenated alkanes) is 1. The number of rotatable bonds is 5. The quantitative estimate of drug-likeness (QED) is 0.359. The van der Waals surface area contributed by atoms with Gasteiger partial charge in [-0.1, -0.05) is 61.9 Å². The average molecular weight is 356 g/mol. The van der Waals surface area contributed by atoms with Crippen LogP contribution < -0.4 is 0 Å². The van der Waals surface area contributed by atoms with E-state index in [9.17, 15) is 0 Å². The summed E-state index contributed by atoms with van der Waals surface area (Å²) in [6.45, 7) is 10.1. The van der Waals surface area contributed by atoms with Crippen molar-refractivity contribution in [1.82, 2.24) is 4.57 Å². The van der Waals surface area contributed by atoms with Crippen LogP contribution in [0.25, 0.3) is 21.8 Å². The van der Waals surface area contributed by atoms with Gasteiger partial charge in [-0.3, -0.25) is 0 Å². The number of hydrogen-bond acceptors (Lipinski definition) is 0. The molecule has 0 spiro atoms. The molecule has 138 valence electrons. The van der Waals surface area contributed by atoms with Gasteiger partial charge in [-0.2, -0.15) is 0 Å². The van der Waals surface area contributed by atoms with Crippen LogP contribution in [0.15, 0.2) is 54.6 Å². The van der Waals surface area contributed by atoms with Crippen LogP contribution >= 0.6 is 0 Å². The van der Waals surface area contributed by atoms with Gasteiger partial charge < -0.3 is 4.57 Å². The van der Waals surface area contributed by atoms with Crippen molar-refractivity contribution < 1.29 is 0 Å². The fourth-order valence-electron chi connectivity index (χ4n) is 4.46. The second-order valence-electron chi connectivity index (χ2n) is 7.77. The second kappa shape index (κ2) is 7.23. The molecule has 4 aromatic rings. The van der Waals surface area contributed by atoms with Gasteiger partial charge in [0, 0.05) is 22.8 Å². The molecule has 0 unspecified atom stereocenters. The van der Waals surface area contributed by atoms with E-state index in [1.54, 1.807) is 5.56 Å². The normalized spacial score (nSPS) is 11.6. The van der Waals surface area contributed by atoms with Crippen molar-refractivity contribution in [2.45, 2.75) is 53.5 Å². The molecule has 0 aliphatic carbocycles. The summed E-state index contributed by atoms with van der Waals surface area (Å²) in [7, 11) is 0. The lowest BCUT2D eigenvalue weighted by Crippen LogP contribution is -2.05. The molecule has 0 fully saturated rings. The van der Waals surface area contributed by atoms with Crippen LogP contribution in [0.3, 0.4) is 0 Å². The van der Waals surface area contributed by atoms with Crippen molar-refractivity contribution in [3.05, 3.63) is 82.4 Å². The molecule has 27 heavy (non-hydrogen) atoms. The van der Waals surface area contributed by atoms with Gasteiger partial charge in [-0.25, -0.2) is 0 Å². The Morgan fingerprint density at radius 1 is 0.778 bits per heavy atom. The van der Waals surface area contributed by atoms with Crippen molar-refractivity contribution in [3.63, 3.8) is 0 Å². The SMILES string of the molecule is CCCCc1c(C)c(C)c(C)c2c3ccccc3n(Cc3ccccc3)c12. The predicted molar refractivity (Wildman–Crippen MR) is 118 cm³/mol. The lowest BCUT2D eigenvalue weighted by Gasteiger charge is -2.17. The molecule has 0 atom stereocenters. The predicted octanol–water partition coefficient (Wildman–Crippen LogP) is 7.11. The number of aromatic nitrogens is 1. The van der Waals surface area contributed by atoms with E-state index in [0.717, 1.165) is 13.0 Å². The molecule has 0 saturated carbocycles. The van der Waals surface area contributed by atoms with Crippen molar-refractivity contribution in [1.29, 1.82) is 0 Å². The standard InChI is InChI=1S/C26H29N/c1-5-6-14-22-19(3)18(2)20(4)25-23-15-10-11-16-24(23)27(26(22)25)17-21-12-8-7-9-13-21/h7-13,15-16H,5-6,14,17H2,1-4H3. The van der Waals surface area contributed by atoms with Crippen LogP contribution in [-0.2, 0) is 13.0 Å². The van der Waals surface area contributed by atoms with E-state index >= 15 is 0 Å². The lowest BCUT2D eigenvalue weighted by atomic mass is 9.91. The summed E-state index contributed by atoms with van der Waals surface area (Å²) in [5, 5.41) is 2.84. The highest BCUT2D eigenvalue weighted by Gasteiger charge is 2.19. The van der Waals surface area contributed by atoms with Gasteiger partial charge in [-0.15, -0.1) is 0 Å². The Labute approximate surface area is 162 Å². The minimum atomic E-state index is 0.923. The number of fused-ring (bicyclic) bond motifs is 3. The van der Waals surface area contributed by atoms with Gasteiger partial charge in [-0.05, 0) is 67.5 Å². The molecule has 1 aromatic heterocycles. The Morgan fingerprint density at radius 3 is 2.22 bits per heavy atom. The fourth-order valence-corrected chi connectivity index (χ4v) is 4.46. The maximum atomic E-state index is 2.56. The van der Waals surface area contributed by atoms with Crippen LogP contribution in [0.5, 0.6) is 0 Å². The molecule has 4 rings (SSSR count). The molecule has 0 saturated heterocycles. The topological polar surface area (TPSA) is 4.93 Å². The summed E-state index contributed by atoms with van der Waals surface area (Å²) >= 11 is 0. The van der Waals surface area contributed by atoms with Crippen molar-refractivity contribution in [3.8, 4) is 0 Å². The minimum Gasteiger partial charge on any atom is -0.336 e. The smallest absolute Gasteiger partial charge is 0.0532 e. The molecule has 1 heterocycles. The first kappa shape index (κ1) is 17.9. The van der Waals surface area contributed by atoms with Gasteiger partial charge >= 0.3 is 0 Å². The van der Waals surface area contributed by atoms with Crippen LogP contribution in [-0.4, -0.2) is 4.57 Å². The van der Waals surface area contributed by atoms with Crippen LogP contribution in [0.1, 0.15) is 47.6 Å². The summed E-state index contributed by atoms with van der Waals surface area (Å²) in [6, 6.07) is 19.8. The summed E-state index contributed by atoms with van der Waals surface area (Å²) in [6.07, 6.45) is 3.63. The summed E-state index contributed by atoms with van der Waals surface area (Å²) < 4.78 is 2.56. The minimum absolute atomic E-state index is 0.923. The third-order valence-corrected chi connectivity index (χ3v) is 6.17. The maximum Gasteiger partial charge on any atom is 0.0532 e. The number of benzene rings is 3. The second-order valence-corrected chi connectivity index (χ2v) is 7.77. The Kier molecular flexibility index (Phi) is 4.78. The third kappa shape index (κ3) is 2.96. The molecule has 3 aromatic carbocycles. The highest BCUT2D eigenvalue weighted by atomic mass is 15.0. The number of aryl methyl sites for hydroxylation is 2. The summed E-state index contributed by atoms with van der Waals surface area (Å²) in [5.41, 5.74) is 10.1. The van der Waals surface area contributed by atoms with Gasteiger partial charge in [0.15, 0.2) is 0 Å². The molecule has 0 radical (unpaired) electrons. The Morgan fingerprint density at radius 2 is 1.48 bits per heavy atom. The summed E-state index contributed by atoms with van der Waals surface area (Å²) in [4.78, 5) is 0. The van der Waals surface area contributed by atoms with Gasteiger partial charge in [0.2, 0.25) is 0 Å². The first-order valence-corrected chi connectivity index (χ1v) is 10.2. The number of para-hydroxylation sites is 1. The number of hydrogen-bond donors (Lipinski definition) is 0. The highest BCUT2D eigenvalue weighted by Crippen LogP contribution is 2.38.